The molecule has 0 saturated carbocycles. The highest BCUT2D eigenvalue weighted by Crippen LogP contribution is 2.23. The highest BCUT2D eigenvalue weighted by molar-refractivity contribution is 5.83. The highest BCUT2D eigenvalue weighted by atomic mass is 16.1. The molecule has 0 spiro atoms. The number of pyridine rings is 1. The van der Waals surface area contributed by atoms with Crippen molar-refractivity contribution in [3.63, 3.8) is 0 Å². The Bertz CT molecular complexity index is 1370. The molecule has 5 aromatic rings. The number of rotatable bonds is 3. The van der Waals surface area contributed by atoms with E-state index < -0.39 is 0 Å². The topological polar surface area (TPSA) is 63.1 Å². The zero-order chi connectivity index (χ0) is 19.1. The van der Waals surface area contributed by atoms with E-state index in [0.717, 1.165) is 45.5 Å². The fraction of sp³-hybridized carbons (Fsp3) is 0.0870. The molecule has 0 aliphatic carbocycles. The van der Waals surface area contributed by atoms with Gasteiger partial charge in [-0.25, -0.2) is 0 Å². The summed E-state index contributed by atoms with van der Waals surface area (Å²) in [5.74, 6) is 0. The first-order chi connectivity index (χ1) is 13.7. The molecule has 5 nitrogen and oxygen atoms in total. The third-order valence-electron chi connectivity index (χ3n) is 5.05. The van der Waals surface area contributed by atoms with Crippen molar-refractivity contribution in [2.24, 2.45) is 0 Å². The van der Waals surface area contributed by atoms with E-state index >= 15 is 0 Å². The Morgan fingerprint density at radius 2 is 1.86 bits per heavy atom. The monoisotopic (exact) mass is 366 g/mol. The lowest BCUT2D eigenvalue weighted by atomic mass is 10.1. The van der Waals surface area contributed by atoms with E-state index in [0.29, 0.717) is 0 Å². The summed E-state index contributed by atoms with van der Waals surface area (Å²) in [5, 5.41) is 5.49. The number of aryl methyl sites for hydroxylation is 1. The molecule has 5 rings (SSSR count). The highest BCUT2D eigenvalue weighted by Gasteiger charge is 2.14. The van der Waals surface area contributed by atoms with Crippen LogP contribution >= 0.6 is 0 Å². The molecule has 0 amide bonds. The number of aromatic nitrogens is 4. The van der Waals surface area contributed by atoms with Gasteiger partial charge in [0.1, 0.15) is 5.65 Å². The van der Waals surface area contributed by atoms with Crippen LogP contribution in [0, 0.1) is 6.92 Å². The predicted molar refractivity (Wildman–Crippen MR) is 111 cm³/mol. The van der Waals surface area contributed by atoms with E-state index in [-0.39, 0.29) is 5.56 Å². The molecule has 0 aliphatic heterocycles. The Labute approximate surface area is 161 Å². The Kier molecular flexibility index (Phi) is 3.79. The van der Waals surface area contributed by atoms with Crippen LogP contribution < -0.4 is 5.56 Å². The molecule has 0 atom stereocenters. The minimum atomic E-state index is -0.141. The van der Waals surface area contributed by atoms with Gasteiger partial charge in [-0.15, -0.1) is 0 Å². The van der Waals surface area contributed by atoms with E-state index in [9.17, 15) is 4.79 Å². The largest absolute Gasteiger partial charge is 0.339 e. The SMILES string of the molecule is Cc1nn2c(=O)cc(-c3ccc4ncccc4c3)[nH]c2c1Cc1ccccc1. The number of nitrogens with one attached hydrogen (secondary N) is 1. The van der Waals surface area contributed by atoms with Crippen molar-refractivity contribution in [3.05, 3.63) is 100 Å². The summed E-state index contributed by atoms with van der Waals surface area (Å²) in [7, 11) is 0. The van der Waals surface area contributed by atoms with Crippen molar-refractivity contribution in [1.29, 1.82) is 0 Å². The first kappa shape index (κ1) is 16.4. The van der Waals surface area contributed by atoms with Crippen molar-refractivity contribution in [3.8, 4) is 11.3 Å². The van der Waals surface area contributed by atoms with Gasteiger partial charge in [0.15, 0.2) is 0 Å². The number of aromatic amines is 1. The van der Waals surface area contributed by atoms with Crippen LogP contribution in [0.1, 0.15) is 16.8 Å². The molecule has 0 radical (unpaired) electrons. The molecule has 3 heterocycles. The number of hydrogen-bond acceptors (Lipinski definition) is 3. The van der Waals surface area contributed by atoms with Crippen LogP contribution in [0.2, 0.25) is 0 Å². The first-order valence-corrected chi connectivity index (χ1v) is 9.20. The summed E-state index contributed by atoms with van der Waals surface area (Å²) >= 11 is 0. The van der Waals surface area contributed by atoms with E-state index in [2.05, 4.69) is 27.2 Å². The van der Waals surface area contributed by atoms with Crippen LogP contribution in [0.3, 0.4) is 0 Å². The van der Waals surface area contributed by atoms with Gasteiger partial charge in [-0.05, 0) is 36.2 Å². The average Bonchev–Trinajstić information content (AvgIpc) is 3.04. The predicted octanol–water partition coefficient (Wildman–Crippen LogP) is 4.14. The maximum atomic E-state index is 12.7. The molecule has 28 heavy (non-hydrogen) atoms. The van der Waals surface area contributed by atoms with Gasteiger partial charge < -0.3 is 4.98 Å². The Hall–Kier alpha value is -3.73. The van der Waals surface area contributed by atoms with E-state index in [1.54, 1.807) is 12.3 Å². The van der Waals surface area contributed by atoms with Crippen LogP contribution in [0.4, 0.5) is 0 Å². The van der Waals surface area contributed by atoms with Crippen molar-refractivity contribution in [1.82, 2.24) is 19.6 Å². The molecule has 136 valence electrons. The second-order valence-electron chi connectivity index (χ2n) is 6.92. The van der Waals surface area contributed by atoms with Gasteiger partial charge in [-0.2, -0.15) is 9.61 Å². The maximum Gasteiger partial charge on any atom is 0.274 e. The molecule has 1 N–H and O–H groups in total. The minimum Gasteiger partial charge on any atom is -0.339 e. The second kappa shape index (κ2) is 6.46. The molecule has 0 bridgehead atoms. The lowest BCUT2D eigenvalue weighted by Gasteiger charge is -2.06. The molecule has 0 unspecified atom stereocenters. The molecular weight excluding hydrogens is 348 g/mol. The van der Waals surface area contributed by atoms with Crippen LogP contribution in [0.15, 0.2) is 77.7 Å². The Balaban J connectivity index is 1.68. The third-order valence-corrected chi connectivity index (χ3v) is 5.05. The number of benzene rings is 2. The van der Waals surface area contributed by atoms with Gasteiger partial charge in [0.25, 0.3) is 5.56 Å². The van der Waals surface area contributed by atoms with Crippen LogP contribution in [0.25, 0.3) is 27.8 Å². The summed E-state index contributed by atoms with van der Waals surface area (Å²) < 4.78 is 1.46. The summed E-state index contributed by atoms with van der Waals surface area (Å²) in [6, 6.07) is 21.7. The molecular formula is C23H18N4O. The number of fused-ring (bicyclic) bond motifs is 2. The van der Waals surface area contributed by atoms with Gasteiger partial charge >= 0.3 is 0 Å². The lowest BCUT2D eigenvalue weighted by Crippen LogP contribution is -2.14. The average molecular weight is 366 g/mol. The quantitative estimate of drug-likeness (QED) is 0.522. The summed E-state index contributed by atoms with van der Waals surface area (Å²) in [6.45, 7) is 1.94. The van der Waals surface area contributed by atoms with E-state index in [1.165, 1.54) is 10.1 Å². The molecule has 0 saturated heterocycles. The standard InChI is InChI=1S/C23H18N4O/c1-15-19(12-16-6-3-2-4-7-16)23-25-21(14-22(28)27(23)26-15)18-9-10-20-17(13-18)8-5-11-24-20/h2-11,13-14,25H,12H2,1H3. The van der Waals surface area contributed by atoms with Gasteiger partial charge in [-0.1, -0.05) is 42.5 Å². The zero-order valence-corrected chi connectivity index (χ0v) is 15.4. The van der Waals surface area contributed by atoms with Crippen molar-refractivity contribution in [2.75, 3.05) is 0 Å². The first-order valence-electron chi connectivity index (χ1n) is 9.20. The van der Waals surface area contributed by atoms with Gasteiger partial charge in [0.2, 0.25) is 0 Å². The van der Waals surface area contributed by atoms with Crippen LogP contribution in [-0.2, 0) is 6.42 Å². The Morgan fingerprint density at radius 3 is 2.71 bits per heavy atom. The molecule has 3 aromatic heterocycles. The normalized spacial score (nSPS) is 11.3. The van der Waals surface area contributed by atoms with Gasteiger partial charge in [0.05, 0.1) is 16.9 Å². The molecule has 5 heteroatoms. The summed E-state index contributed by atoms with van der Waals surface area (Å²) in [5.41, 5.74) is 6.34. The van der Waals surface area contributed by atoms with Crippen molar-refractivity contribution >= 4 is 16.6 Å². The van der Waals surface area contributed by atoms with Crippen molar-refractivity contribution in [2.45, 2.75) is 13.3 Å². The zero-order valence-electron chi connectivity index (χ0n) is 15.4. The van der Waals surface area contributed by atoms with E-state index in [4.69, 9.17) is 0 Å². The number of nitrogens with zero attached hydrogens (tertiary/aromatic N) is 3. The van der Waals surface area contributed by atoms with Gasteiger partial charge in [-0.3, -0.25) is 9.78 Å². The number of hydrogen-bond donors (Lipinski definition) is 1. The summed E-state index contributed by atoms with van der Waals surface area (Å²) in [6.07, 6.45) is 2.50. The van der Waals surface area contributed by atoms with Crippen LogP contribution in [0.5, 0.6) is 0 Å². The number of H-pyrrole nitrogens is 1. The fourth-order valence-electron chi connectivity index (χ4n) is 3.61. The summed E-state index contributed by atoms with van der Waals surface area (Å²) in [4.78, 5) is 20.5. The second-order valence-corrected chi connectivity index (χ2v) is 6.92. The Morgan fingerprint density at radius 1 is 1.00 bits per heavy atom. The lowest BCUT2D eigenvalue weighted by molar-refractivity contribution is 0.882. The minimum absolute atomic E-state index is 0.141. The molecule has 2 aromatic carbocycles. The fourth-order valence-corrected chi connectivity index (χ4v) is 3.61. The van der Waals surface area contributed by atoms with Crippen LogP contribution in [-0.4, -0.2) is 19.6 Å². The van der Waals surface area contributed by atoms with Crippen molar-refractivity contribution < 1.29 is 0 Å². The smallest absolute Gasteiger partial charge is 0.274 e. The van der Waals surface area contributed by atoms with Gasteiger partial charge in [0, 0.05) is 29.6 Å². The third kappa shape index (κ3) is 2.77. The van der Waals surface area contributed by atoms with E-state index in [1.807, 2.05) is 55.5 Å². The maximum absolute atomic E-state index is 12.7. The molecule has 0 aliphatic rings. The molecule has 0 fully saturated rings.